The molecule has 0 radical (unpaired) electrons. The number of halogens is 1. The summed E-state index contributed by atoms with van der Waals surface area (Å²) in [6, 6.07) is 14.4. The maximum Gasteiger partial charge on any atom is 0.267 e. The summed E-state index contributed by atoms with van der Waals surface area (Å²) < 4.78 is 14.3. The second-order valence-electron chi connectivity index (χ2n) is 7.29. The normalized spacial score (nSPS) is 11.3. The predicted molar refractivity (Wildman–Crippen MR) is 108 cm³/mol. The van der Waals surface area contributed by atoms with Gasteiger partial charge in [0.1, 0.15) is 11.4 Å². The first-order valence-corrected chi connectivity index (χ1v) is 8.94. The Balaban J connectivity index is 1.94. The number of nitrogens with one attached hydrogen (secondary N) is 1. The third kappa shape index (κ3) is 3.86. The molecule has 0 aliphatic heterocycles. The number of aryl methyl sites for hydroxylation is 2. The van der Waals surface area contributed by atoms with Crippen LogP contribution in [0.4, 0.5) is 10.1 Å². The lowest BCUT2D eigenvalue weighted by Gasteiger charge is -2.25. The molecule has 2 aromatic carbocycles. The van der Waals surface area contributed by atoms with E-state index in [1.54, 1.807) is 32.0 Å². The lowest BCUT2D eigenvalue weighted by Crippen LogP contribution is -2.47. The summed E-state index contributed by atoms with van der Waals surface area (Å²) >= 11 is 0. The van der Waals surface area contributed by atoms with Crippen LogP contribution in [-0.4, -0.2) is 15.7 Å². The van der Waals surface area contributed by atoms with Crippen molar-refractivity contribution in [2.24, 2.45) is 0 Å². The zero-order chi connectivity index (χ0) is 20.5. The van der Waals surface area contributed by atoms with Crippen molar-refractivity contribution in [2.45, 2.75) is 33.2 Å². The molecule has 1 N–H and O–H groups in total. The first kappa shape index (κ1) is 19.5. The molecule has 0 aliphatic rings. The largest absolute Gasteiger partial charge is 0.324 e. The number of rotatable bonds is 4. The molecule has 0 unspecified atom stereocenters. The molecule has 3 rings (SSSR count). The highest BCUT2D eigenvalue weighted by Crippen LogP contribution is 2.21. The van der Waals surface area contributed by atoms with E-state index in [4.69, 9.17) is 0 Å². The van der Waals surface area contributed by atoms with Crippen LogP contribution in [0.2, 0.25) is 0 Å². The highest BCUT2D eigenvalue weighted by atomic mass is 19.1. The van der Waals surface area contributed by atoms with Crippen molar-refractivity contribution in [3.05, 3.63) is 81.9 Å². The van der Waals surface area contributed by atoms with Crippen molar-refractivity contribution < 1.29 is 9.18 Å². The monoisotopic (exact) mass is 379 g/mol. The Morgan fingerprint density at radius 3 is 2.32 bits per heavy atom. The van der Waals surface area contributed by atoms with Crippen molar-refractivity contribution in [1.82, 2.24) is 9.78 Å². The molecular weight excluding hydrogens is 357 g/mol. The van der Waals surface area contributed by atoms with Gasteiger partial charge in [-0.05, 0) is 81.3 Å². The van der Waals surface area contributed by atoms with E-state index in [9.17, 15) is 14.0 Å². The molecule has 1 heterocycles. The van der Waals surface area contributed by atoms with Crippen LogP contribution in [0.3, 0.4) is 0 Å². The van der Waals surface area contributed by atoms with Gasteiger partial charge in [-0.25, -0.2) is 9.07 Å². The molecule has 0 aliphatic carbocycles. The highest BCUT2D eigenvalue weighted by molar-refractivity contribution is 5.96. The Hall–Kier alpha value is -3.28. The molecule has 0 saturated carbocycles. The van der Waals surface area contributed by atoms with E-state index in [0.29, 0.717) is 16.9 Å². The quantitative estimate of drug-likeness (QED) is 0.744. The third-order valence-corrected chi connectivity index (χ3v) is 4.79. The molecule has 5 nitrogen and oxygen atoms in total. The minimum absolute atomic E-state index is 0.356. The van der Waals surface area contributed by atoms with Crippen LogP contribution in [0, 0.1) is 19.7 Å². The molecule has 0 bridgehead atoms. The fraction of sp³-hybridized carbons (Fsp3) is 0.227. The van der Waals surface area contributed by atoms with Crippen molar-refractivity contribution >= 4 is 11.6 Å². The van der Waals surface area contributed by atoms with E-state index in [2.05, 4.69) is 10.4 Å². The number of nitrogens with zero attached hydrogens (tertiary/aromatic N) is 2. The smallest absolute Gasteiger partial charge is 0.267 e. The maximum absolute atomic E-state index is 13.2. The van der Waals surface area contributed by atoms with Crippen LogP contribution in [0.15, 0.2) is 59.4 Å². The minimum Gasteiger partial charge on any atom is -0.324 e. The van der Waals surface area contributed by atoms with Crippen molar-refractivity contribution in [3.63, 3.8) is 0 Å². The van der Waals surface area contributed by atoms with E-state index in [1.807, 2.05) is 32.0 Å². The SMILES string of the molecule is Cc1ccc(NC(=O)C(C)(C)n2nc(-c3ccc(F)cc3)ccc2=O)cc1C. The highest BCUT2D eigenvalue weighted by Gasteiger charge is 2.32. The molecule has 1 aromatic heterocycles. The summed E-state index contributed by atoms with van der Waals surface area (Å²) in [7, 11) is 0. The lowest BCUT2D eigenvalue weighted by atomic mass is 10.0. The average Bonchev–Trinajstić information content (AvgIpc) is 2.65. The molecule has 0 saturated heterocycles. The van der Waals surface area contributed by atoms with Gasteiger partial charge in [0.05, 0.1) is 5.69 Å². The van der Waals surface area contributed by atoms with E-state index in [0.717, 1.165) is 15.8 Å². The van der Waals surface area contributed by atoms with Crippen molar-refractivity contribution in [3.8, 4) is 11.3 Å². The predicted octanol–water partition coefficient (Wildman–Crippen LogP) is 4.04. The summed E-state index contributed by atoms with van der Waals surface area (Å²) in [5.41, 5.74) is 2.35. The van der Waals surface area contributed by atoms with Gasteiger partial charge in [-0.1, -0.05) is 6.07 Å². The Morgan fingerprint density at radius 1 is 1.00 bits per heavy atom. The van der Waals surface area contributed by atoms with Gasteiger partial charge in [-0.2, -0.15) is 5.10 Å². The Labute approximate surface area is 162 Å². The molecular formula is C22H22FN3O2. The molecule has 6 heteroatoms. The molecule has 3 aromatic rings. The minimum atomic E-state index is -1.23. The maximum atomic E-state index is 13.2. The second-order valence-corrected chi connectivity index (χ2v) is 7.29. The molecule has 28 heavy (non-hydrogen) atoms. The zero-order valence-electron chi connectivity index (χ0n) is 16.3. The number of carbonyl (C=O) groups is 1. The first-order chi connectivity index (χ1) is 13.2. The standard InChI is InChI=1S/C22H22FN3O2/c1-14-5-10-18(13-15(14)2)24-21(28)22(3,4)26-20(27)12-11-19(25-26)16-6-8-17(23)9-7-16/h5-13H,1-4H3,(H,24,28). The van der Waals surface area contributed by atoms with Gasteiger partial charge in [0, 0.05) is 17.3 Å². The fourth-order valence-corrected chi connectivity index (χ4v) is 2.79. The number of amides is 1. The van der Waals surface area contributed by atoms with E-state index >= 15 is 0 Å². The second kappa shape index (κ2) is 7.38. The molecule has 1 amide bonds. The van der Waals surface area contributed by atoms with Crippen LogP contribution in [-0.2, 0) is 10.3 Å². The first-order valence-electron chi connectivity index (χ1n) is 8.94. The van der Waals surface area contributed by atoms with Crippen LogP contribution in [0.25, 0.3) is 11.3 Å². The summed E-state index contributed by atoms with van der Waals surface area (Å²) in [5, 5.41) is 7.21. The van der Waals surface area contributed by atoms with E-state index in [-0.39, 0.29) is 11.7 Å². The van der Waals surface area contributed by atoms with Gasteiger partial charge in [0.2, 0.25) is 0 Å². The lowest BCUT2D eigenvalue weighted by molar-refractivity contribution is -0.123. The Morgan fingerprint density at radius 2 is 1.68 bits per heavy atom. The molecule has 0 fully saturated rings. The third-order valence-electron chi connectivity index (χ3n) is 4.79. The summed E-state index contributed by atoms with van der Waals surface area (Å²) in [6.45, 7) is 7.22. The van der Waals surface area contributed by atoms with Gasteiger partial charge in [-0.3, -0.25) is 9.59 Å². The Bertz CT molecular complexity index is 1090. The Kier molecular flexibility index (Phi) is 5.14. The summed E-state index contributed by atoms with van der Waals surface area (Å²) in [6.07, 6.45) is 0. The van der Waals surface area contributed by atoms with Gasteiger partial charge in [0.15, 0.2) is 0 Å². The number of benzene rings is 2. The van der Waals surface area contributed by atoms with Gasteiger partial charge in [-0.15, -0.1) is 0 Å². The number of aromatic nitrogens is 2. The van der Waals surface area contributed by atoms with Gasteiger partial charge >= 0.3 is 0 Å². The van der Waals surface area contributed by atoms with Crippen LogP contribution in [0.1, 0.15) is 25.0 Å². The average molecular weight is 379 g/mol. The molecule has 0 spiro atoms. The number of hydrogen-bond donors (Lipinski definition) is 1. The number of anilines is 1. The number of carbonyl (C=O) groups excluding carboxylic acids is 1. The van der Waals surface area contributed by atoms with Crippen molar-refractivity contribution in [2.75, 3.05) is 5.32 Å². The van der Waals surface area contributed by atoms with Crippen LogP contribution >= 0.6 is 0 Å². The summed E-state index contributed by atoms with van der Waals surface area (Å²) in [5.74, 6) is -0.716. The van der Waals surface area contributed by atoms with Gasteiger partial charge in [0.25, 0.3) is 11.5 Å². The molecule has 0 atom stereocenters. The van der Waals surface area contributed by atoms with E-state index < -0.39 is 11.1 Å². The van der Waals surface area contributed by atoms with E-state index in [1.165, 1.54) is 18.2 Å². The number of hydrogen-bond acceptors (Lipinski definition) is 3. The topological polar surface area (TPSA) is 64.0 Å². The van der Waals surface area contributed by atoms with Crippen LogP contribution in [0.5, 0.6) is 0 Å². The van der Waals surface area contributed by atoms with Gasteiger partial charge < -0.3 is 5.32 Å². The fourth-order valence-electron chi connectivity index (χ4n) is 2.79. The van der Waals surface area contributed by atoms with Crippen LogP contribution < -0.4 is 10.9 Å². The zero-order valence-corrected chi connectivity index (χ0v) is 16.3. The molecule has 144 valence electrons. The van der Waals surface area contributed by atoms with Crippen molar-refractivity contribution in [1.29, 1.82) is 0 Å². The summed E-state index contributed by atoms with van der Waals surface area (Å²) in [4.78, 5) is 25.3.